The van der Waals surface area contributed by atoms with Crippen LogP contribution >= 0.6 is 0 Å². The summed E-state index contributed by atoms with van der Waals surface area (Å²) in [5, 5.41) is 13.5. The van der Waals surface area contributed by atoms with Crippen LogP contribution in [0.15, 0.2) is 29.1 Å². The summed E-state index contributed by atoms with van der Waals surface area (Å²) in [5.41, 5.74) is 1.94. The molecule has 6 nitrogen and oxygen atoms in total. The predicted octanol–water partition coefficient (Wildman–Crippen LogP) is 1.28. The van der Waals surface area contributed by atoms with Gasteiger partial charge in [0, 0.05) is 36.3 Å². The maximum absolute atomic E-state index is 12.3. The summed E-state index contributed by atoms with van der Waals surface area (Å²) in [6, 6.07) is 7.43. The molecule has 25 heavy (non-hydrogen) atoms. The number of H-pyrrole nitrogens is 1. The monoisotopic (exact) mass is 344 g/mol. The van der Waals surface area contributed by atoms with E-state index in [1.807, 2.05) is 24.3 Å². The van der Waals surface area contributed by atoms with Gasteiger partial charge in [-0.2, -0.15) is 0 Å². The average molecular weight is 344 g/mol. The number of hydrogen-bond acceptors (Lipinski definition) is 4. The second-order valence-electron chi connectivity index (χ2n) is 6.93. The summed E-state index contributed by atoms with van der Waals surface area (Å²) in [6.45, 7) is 3.53. The van der Waals surface area contributed by atoms with Crippen molar-refractivity contribution in [1.29, 1.82) is 0 Å². The molecule has 2 heterocycles. The molecule has 6 heteroatoms. The predicted molar refractivity (Wildman–Crippen MR) is 95.6 cm³/mol. The number of benzene rings is 1. The van der Waals surface area contributed by atoms with Crippen LogP contribution in [0.2, 0.25) is 0 Å². The normalized spacial score (nSPS) is 16.7. The fraction of sp³-hybridized carbons (Fsp3) is 0.474. The molecule has 0 aliphatic carbocycles. The van der Waals surface area contributed by atoms with Gasteiger partial charge < -0.3 is 20.1 Å². The topological polar surface area (TPSA) is 91.4 Å². The Morgan fingerprint density at radius 1 is 1.32 bits per heavy atom. The third-order valence-electron chi connectivity index (χ3n) is 5.01. The average Bonchev–Trinajstić information content (AvgIpc) is 2.62. The second kappa shape index (κ2) is 7.37. The highest BCUT2D eigenvalue weighted by atomic mass is 16.5. The van der Waals surface area contributed by atoms with Gasteiger partial charge >= 0.3 is 0 Å². The van der Waals surface area contributed by atoms with Crippen LogP contribution in [0.4, 0.5) is 0 Å². The van der Waals surface area contributed by atoms with Gasteiger partial charge in [0.25, 0.3) is 5.56 Å². The fourth-order valence-electron chi connectivity index (χ4n) is 3.20. The standard InChI is InChI=1S/C19H24N2O4/c1-13-8-15-9-14(2-3-16(15)21-18(13)24)10-17(23)20-11-19(12-22)4-6-25-7-5-19/h2-3,8-9,22H,4-7,10-12H2,1H3,(H,20,23)(H,21,24). The van der Waals surface area contributed by atoms with Gasteiger partial charge in [-0.1, -0.05) is 6.07 Å². The molecule has 134 valence electrons. The zero-order chi connectivity index (χ0) is 17.9. The molecule has 1 fully saturated rings. The van der Waals surface area contributed by atoms with Crippen LogP contribution in [0.5, 0.6) is 0 Å². The Morgan fingerprint density at radius 3 is 2.80 bits per heavy atom. The number of fused-ring (bicyclic) bond motifs is 1. The van der Waals surface area contributed by atoms with Crippen LogP contribution in [0.3, 0.4) is 0 Å². The van der Waals surface area contributed by atoms with Crippen molar-refractivity contribution in [3.8, 4) is 0 Å². The first-order chi connectivity index (χ1) is 12.0. The number of hydrogen-bond donors (Lipinski definition) is 3. The van der Waals surface area contributed by atoms with Gasteiger partial charge in [-0.25, -0.2) is 0 Å². The summed E-state index contributed by atoms with van der Waals surface area (Å²) in [5.74, 6) is -0.0696. The molecule has 3 N–H and O–H groups in total. The zero-order valence-corrected chi connectivity index (χ0v) is 14.4. The molecule has 1 aromatic heterocycles. The molecule has 0 atom stereocenters. The highest BCUT2D eigenvalue weighted by Gasteiger charge is 2.32. The van der Waals surface area contributed by atoms with E-state index in [0.717, 1.165) is 29.3 Å². The zero-order valence-electron chi connectivity index (χ0n) is 14.4. The lowest BCUT2D eigenvalue weighted by Gasteiger charge is -2.35. The number of amides is 1. The third-order valence-corrected chi connectivity index (χ3v) is 5.01. The summed E-state index contributed by atoms with van der Waals surface area (Å²) in [4.78, 5) is 26.8. The van der Waals surface area contributed by atoms with Crippen LogP contribution in [0.25, 0.3) is 10.9 Å². The molecule has 1 aliphatic rings. The van der Waals surface area contributed by atoms with Crippen LogP contribution < -0.4 is 10.9 Å². The van der Waals surface area contributed by atoms with Crippen molar-refractivity contribution < 1.29 is 14.6 Å². The smallest absolute Gasteiger partial charge is 0.251 e. The van der Waals surface area contributed by atoms with Crippen molar-refractivity contribution in [1.82, 2.24) is 10.3 Å². The van der Waals surface area contributed by atoms with Crippen LogP contribution in [0.1, 0.15) is 24.0 Å². The Bertz CT molecular complexity index is 822. The summed E-state index contributed by atoms with van der Waals surface area (Å²) < 4.78 is 5.34. The number of nitrogens with one attached hydrogen (secondary N) is 2. The molecular formula is C19H24N2O4. The number of carbonyl (C=O) groups is 1. The Morgan fingerprint density at radius 2 is 2.08 bits per heavy atom. The maximum Gasteiger partial charge on any atom is 0.251 e. The molecule has 1 saturated heterocycles. The molecular weight excluding hydrogens is 320 g/mol. The van der Waals surface area contributed by atoms with E-state index >= 15 is 0 Å². The number of ether oxygens (including phenoxy) is 1. The lowest BCUT2D eigenvalue weighted by atomic mass is 9.81. The minimum atomic E-state index is -0.270. The SMILES string of the molecule is Cc1cc2cc(CC(=O)NCC3(CO)CCOCC3)ccc2[nH]c1=O. The summed E-state index contributed by atoms with van der Waals surface area (Å²) >= 11 is 0. The highest BCUT2D eigenvalue weighted by Crippen LogP contribution is 2.29. The number of carbonyl (C=O) groups excluding carboxylic acids is 1. The number of aliphatic hydroxyl groups excluding tert-OH is 1. The number of rotatable bonds is 5. The molecule has 3 rings (SSSR count). The molecule has 0 saturated carbocycles. The first kappa shape index (κ1) is 17.6. The van der Waals surface area contributed by atoms with E-state index in [2.05, 4.69) is 10.3 Å². The van der Waals surface area contributed by atoms with Crippen molar-refractivity contribution in [2.45, 2.75) is 26.2 Å². The van der Waals surface area contributed by atoms with Gasteiger partial charge in [0.2, 0.25) is 5.91 Å². The Labute approximate surface area is 146 Å². The van der Waals surface area contributed by atoms with Gasteiger partial charge in [0.15, 0.2) is 0 Å². The van der Waals surface area contributed by atoms with Gasteiger partial charge in [0.1, 0.15) is 0 Å². The Hall–Kier alpha value is -2.18. The van der Waals surface area contributed by atoms with Gasteiger partial charge in [-0.3, -0.25) is 9.59 Å². The second-order valence-corrected chi connectivity index (χ2v) is 6.93. The molecule has 0 spiro atoms. The van der Waals surface area contributed by atoms with Gasteiger partial charge in [0.05, 0.1) is 13.0 Å². The van der Waals surface area contributed by atoms with Crippen molar-refractivity contribution in [2.75, 3.05) is 26.4 Å². The number of aromatic amines is 1. The summed E-state index contributed by atoms with van der Waals surface area (Å²) in [6.07, 6.45) is 1.78. The summed E-state index contributed by atoms with van der Waals surface area (Å²) in [7, 11) is 0. The van der Waals surface area contributed by atoms with Crippen LogP contribution in [-0.4, -0.2) is 42.4 Å². The van der Waals surface area contributed by atoms with Crippen molar-refractivity contribution in [3.63, 3.8) is 0 Å². The fourth-order valence-corrected chi connectivity index (χ4v) is 3.20. The molecule has 2 aromatic rings. The Balaban J connectivity index is 1.65. The number of aryl methyl sites for hydroxylation is 1. The minimum absolute atomic E-state index is 0.0548. The lowest BCUT2D eigenvalue weighted by molar-refractivity contribution is -0.121. The minimum Gasteiger partial charge on any atom is -0.396 e. The maximum atomic E-state index is 12.3. The third kappa shape index (κ3) is 4.08. The van der Waals surface area contributed by atoms with E-state index < -0.39 is 0 Å². The van der Waals surface area contributed by atoms with Crippen LogP contribution in [0, 0.1) is 12.3 Å². The Kier molecular flexibility index (Phi) is 5.20. The molecule has 1 amide bonds. The first-order valence-corrected chi connectivity index (χ1v) is 8.59. The van der Waals surface area contributed by atoms with E-state index in [-0.39, 0.29) is 29.9 Å². The van der Waals surface area contributed by atoms with Gasteiger partial charge in [-0.15, -0.1) is 0 Å². The molecule has 1 aliphatic heterocycles. The lowest BCUT2D eigenvalue weighted by Crippen LogP contribution is -2.44. The van der Waals surface area contributed by atoms with E-state index in [1.54, 1.807) is 6.92 Å². The number of pyridine rings is 1. The van der Waals surface area contributed by atoms with E-state index in [1.165, 1.54) is 0 Å². The number of aromatic nitrogens is 1. The molecule has 0 radical (unpaired) electrons. The first-order valence-electron chi connectivity index (χ1n) is 8.59. The van der Waals surface area contributed by atoms with Crippen molar-refractivity contribution >= 4 is 16.8 Å². The highest BCUT2D eigenvalue weighted by molar-refractivity contribution is 5.83. The van der Waals surface area contributed by atoms with Crippen molar-refractivity contribution in [2.24, 2.45) is 5.41 Å². The molecule has 0 unspecified atom stereocenters. The van der Waals surface area contributed by atoms with E-state index in [0.29, 0.717) is 25.3 Å². The van der Waals surface area contributed by atoms with E-state index in [9.17, 15) is 14.7 Å². The quantitative estimate of drug-likeness (QED) is 0.762. The number of aliphatic hydroxyl groups is 1. The van der Waals surface area contributed by atoms with E-state index in [4.69, 9.17) is 4.74 Å². The largest absolute Gasteiger partial charge is 0.396 e. The van der Waals surface area contributed by atoms with Gasteiger partial charge in [-0.05, 0) is 48.9 Å². The molecule has 0 bridgehead atoms. The van der Waals surface area contributed by atoms with Crippen molar-refractivity contribution in [3.05, 3.63) is 45.7 Å². The molecule has 1 aromatic carbocycles. The van der Waals surface area contributed by atoms with Crippen LogP contribution in [-0.2, 0) is 16.0 Å².